The summed E-state index contributed by atoms with van der Waals surface area (Å²) in [7, 11) is 0. The smallest absolute Gasteiger partial charge is 0.224 e. The molecular formula is C28H27ClN2O2S. The summed E-state index contributed by atoms with van der Waals surface area (Å²) in [5.74, 6) is 0.788. The van der Waals surface area contributed by atoms with E-state index in [9.17, 15) is 4.79 Å². The van der Waals surface area contributed by atoms with Gasteiger partial charge in [-0.3, -0.25) is 4.79 Å². The van der Waals surface area contributed by atoms with Gasteiger partial charge >= 0.3 is 0 Å². The molecule has 0 atom stereocenters. The van der Waals surface area contributed by atoms with E-state index in [0.717, 1.165) is 57.1 Å². The topological polar surface area (TPSA) is 51.2 Å². The van der Waals surface area contributed by atoms with Gasteiger partial charge in [0.05, 0.1) is 23.2 Å². The molecule has 1 amide bonds. The van der Waals surface area contributed by atoms with Gasteiger partial charge in [-0.2, -0.15) is 0 Å². The number of benzene rings is 3. The molecule has 1 heterocycles. The van der Waals surface area contributed by atoms with Crippen molar-refractivity contribution in [3.8, 4) is 5.75 Å². The number of nitrogens with zero attached hydrogens (tertiary/aromatic N) is 1. The Bertz CT molecular complexity index is 1250. The summed E-state index contributed by atoms with van der Waals surface area (Å²) in [6.07, 6.45) is 4.40. The summed E-state index contributed by atoms with van der Waals surface area (Å²) in [5, 5.41) is 4.51. The number of carbonyl (C=O) groups excluding carboxylic acids is 1. The van der Waals surface area contributed by atoms with Crippen LogP contribution in [-0.2, 0) is 11.3 Å². The van der Waals surface area contributed by atoms with Crippen LogP contribution in [0, 0.1) is 0 Å². The van der Waals surface area contributed by atoms with E-state index < -0.39 is 0 Å². The molecule has 0 aliphatic heterocycles. The fraction of sp³-hybridized carbons (Fsp3) is 0.214. The van der Waals surface area contributed by atoms with Gasteiger partial charge in [0.25, 0.3) is 0 Å². The predicted octanol–water partition coefficient (Wildman–Crippen LogP) is 7.38. The van der Waals surface area contributed by atoms with Gasteiger partial charge < -0.3 is 10.1 Å². The number of ether oxygens (including phenoxy) is 1. The maximum absolute atomic E-state index is 12.9. The molecule has 0 bridgehead atoms. The molecule has 0 saturated carbocycles. The van der Waals surface area contributed by atoms with Gasteiger partial charge in [-0.15, -0.1) is 11.3 Å². The summed E-state index contributed by atoms with van der Waals surface area (Å²) < 4.78 is 6.87. The van der Waals surface area contributed by atoms with Gasteiger partial charge in [0.1, 0.15) is 10.8 Å². The number of thiazole rings is 1. The number of carbonyl (C=O) groups is 1. The Morgan fingerprint density at radius 1 is 1.09 bits per heavy atom. The standard InChI is InChI=1S/C28H27ClN2O2S/c1-2-3-15-33-24-13-11-20(12-14-24)16-22(28-31-25-9-4-5-10-26(25)34-28)18-27(32)30-19-21-7-6-8-23(29)17-21/h4-14,16-17H,2-3,15,18-19H2,1H3,(H,30,32). The number of hydrogen-bond acceptors (Lipinski definition) is 4. The molecule has 34 heavy (non-hydrogen) atoms. The van der Waals surface area contributed by atoms with Crippen molar-refractivity contribution in [2.24, 2.45) is 0 Å². The van der Waals surface area contributed by atoms with Crippen LogP contribution in [0.4, 0.5) is 0 Å². The maximum Gasteiger partial charge on any atom is 0.224 e. The van der Waals surface area contributed by atoms with Crippen molar-refractivity contribution in [3.05, 3.63) is 94.0 Å². The number of amides is 1. The molecule has 6 heteroatoms. The summed E-state index contributed by atoms with van der Waals surface area (Å²) in [5.41, 5.74) is 3.78. The van der Waals surface area contributed by atoms with Crippen LogP contribution in [0.3, 0.4) is 0 Å². The Balaban J connectivity index is 1.53. The second-order valence-electron chi connectivity index (χ2n) is 8.01. The summed E-state index contributed by atoms with van der Waals surface area (Å²) >= 11 is 7.66. The van der Waals surface area contributed by atoms with Gasteiger partial charge in [-0.05, 0) is 65.6 Å². The summed E-state index contributed by atoms with van der Waals surface area (Å²) in [4.78, 5) is 17.7. The van der Waals surface area contributed by atoms with Crippen molar-refractivity contribution < 1.29 is 9.53 Å². The number of fused-ring (bicyclic) bond motifs is 1. The van der Waals surface area contributed by atoms with Crippen molar-refractivity contribution in [1.82, 2.24) is 10.3 Å². The number of unbranched alkanes of at least 4 members (excludes halogenated alkanes) is 1. The Morgan fingerprint density at radius 3 is 2.68 bits per heavy atom. The van der Waals surface area contributed by atoms with Crippen molar-refractivity contribution in [3.63, 3.8) is 0 Å². The monoisotopic (exact) mass is 490 g/mol. The number of rotatable bonds is 10. The van der Waals surface area contributed by atoms with Gasteiger partial charge in [-0.1, -0.05) is 61.3 Å². The highest BCUT2D eigenvalue weighted by Gasteiger charge is 2.14. The second-order valence-corrected chi connectivity index (χ2v) is 9.48. The number of aromatic nitrogens is 1. The lowest BCUT2D eigenvalue weighted by atomic mass is 10.1. The maximum atomic E-state index is 12.9. The Hall–Kier alpha value is -3.15. The molecular weight excluding hydrogens is 464 g/mol. The highest BCUT2D eigenvalue weighted by Crippen LogP contribution is 2.30. The fourth-order valence-electron chi connectivity index (χ4n) is 3.48. The molecule has 3 aromatic carbocycles. The molecule has 4 aromatic rings. The lowest BCUT2D eigenvalue weighted by molar-refractivity contribution is -0.120. The molecule has 4 rings (SSSR count). The zero-order valence-corrected chi connectivity index (χ0v) is 20.7. The van der Waals surface area contributed by atoms with Crippen LogP contribution in [0.25, 0.3) is 21.9 Å². The molecule has 0 fully saturated rings. The van der Waals surface area contributed by atoms with Gasteiger partial charge in [0.15, 0.2) is 0 Å². The van der Waals surface area contributed by atoms with E-state index in [1.807, 2.05) is 72.8 Å². The van der Waals surface area contributed by atoms with Crippen LogP contribution in [0.2, 0.25) is 5.02 Å². The number of hydrogen-bond donors (Lipinski definition) is 1. The van der Waals surface area contributed by atoms with E-state index in [0.29, 0.717) is 11.6 Å². The number of para-hydroxylation sites is 1. The molecule has 0 unspecified atom stereocenters. The first-order valence-corrected chi connectivity index (χ1v) is 12.6. The van der Waals surface area contributed by atoms with Crippen molar-refractivity contribution in [2.75, 3.05) is 6.61 Å². The van der Waals surface area contributed by atoms with Crippen LogP contribution >= 0.6 is 22.9 Å². The third-order valence-corrected chi connectivity index (χ3v) is 6.63. The molecule has 174 valence electrons. The van der Waals surface area contributed by atoms with Crippen molar-refractivity contribution >= 4 is 50.7 Å². The van der Waals surface area contributed by atoms with E-state index in [1.165, 1.54) is 0 Å². The van der Waals surface area contributed by atoms with E-state index in [4.69, 9.17) is 21.3 Å². The molecule has 0 aliphatic carbocycles. The number of nitrogens with one attached hydrogen (secondary N) is 1. The van der Waals surface area contributed by atoms with E-state index >= 15 is 0 Å². The van der Waals surface area contributed by atoms with Crippen LogP contribution in [-0.4, -0.2) is 17.5 Å². The van der Waals surface area contributed by atoms with E-state index in [1.54, 1.807) is 11.3 Å². The first kappa shape index (κ1) is 24.0. The zero-order chi connectivity index (χ0) is 23.8. The molecule has 4 nitrogen and oxygen atoms in total. The largest absolute Gasteiger partial charge is 0.494 e. The zero-order valence-electron chi connectivity index (χ0n) is 19.1. The first-order valence-electron chi connectivity index (χ1n) is 11.4. The highest BCUT2D eigenvalue weighted by molar-refractivity contribution is 7.19. The van der Waals surface area contributed by atoms with Gasteiger partial charge in [-0.25, -0.2) is 4.98 Å². The van der Waals surface area contributed by atoms with E-state index in [-0.39, 0.29) is 12.3 Å². The van der Waals surface area contributed by atoms with Crippen molar-refractivity contribution in [2.45, 2.75) is 32.7 Å². The average molecular weight is 491 g/mol. The van der Waals surface area contributed by atoms with Crippen LogP contribution in [0.5, 0.6) is 5.75 Å². The van der Waals surface area contributed by atoms with Crippen LogP contribution in [0.15, 0.2) is 72.8 Å². The minimum atomic E-state index is -0.0648. The number of halogens is 1. The highest BCUT2D eigenvalue weighted by atomic mass is 35.5. The lowest BCUT2D eigenvalue weighted by Crippen LogP contribution is -2.22. The molecule has 1 N–H and O–H groups in total. The van der Waals surface area contributed by atoms with Crippen molar-refractivity contribution in [1.29, 1.82) is 0 Å². The third kappa shape index (κ3) is 6.69. The third-order valence-electron chi connectivity index (χ3n) is 5.29. The molecule has 0 saturated heterocycles. The lowest BCUT2D eigenvalue weighted by Gasteiger charge is -2.09. The average Bonchev–Trinajstić information content (AvgIpc) is 3.28. The fourth-order valence-corrected chi connectivity index (χ4v) is 4.67. The molecule has 0 spiro atoms. The Morgan fingerprint density at radius 2 is 1.91 bits per heavy atom. The molecule has 0 aliphatic rings. The second kappa shape index (κ2) is 11.8. The van der Waals surface area contributed by atoms with Crippen LogP contribution < -0.4 is 10.1 Å². The minimum Gasteiger partial charge on any atom is -0.494 e. The summed E-state index contributed by atoms with van der Waals surface area (Å²) in [6.45, 7) is 3.29. The first-order chi connectivity index (χ1) is 16.6. The van der Waals surface area contributed by atoms with Gasteiger partial charge in [0.2, 0.25) is 5.91 Å². The predicted molar refractivity (Wildman–Crippen MR) is 142 cm³/mol. The minimum absolute atomic E-state index is 0.0648. The SMILES string of the molecule is CCCCOc1ccc(C=C(CC(=O)NCc2cccc(Cl)c2)c2nc3ccccc3s2)cc1. The van der Waals surface area contributed by atoms with Gasteiger partial charge in [0, 0.05) is 11.6 Å². The van der Waals surface area contributed by atoms with Crippen LogP contribution in [0.1, 0.15) is 42.3 Å². The quantitative estimate of drug-likeness (QED) is 0.236. The normalized spacial score (nSPS) is 11.5. The molecule has 0 radical (unpaired) electrons. The Labute approximate surface area is 209 Å². The Kier molecular flexibility index (Phi) is 8.34. The molecule has 1 aromatic heterocycles. The summed E-state index contributed by atoms with van der Waals surface area (Å²) in [6, 6.07) is 23.5. The van der Waals surface area contributed by atoms with E-state index in [2.05, 4.69) is 18.3 Å².